The first-order valence-electron chi connectivity index (χ1n) is 6.68. The zero-order chi connectivity index (χ0) is 14.5. The number of phenols is 1. The number of para-hydroxylation sites is 1. The topological polar surface area (TPSA) is 66.6 Å². The number of carbonyl (C=O) groups excluding carboxylic acids is 1. The maximum absolute atomic E-state index is 12.5. The Labute approximate surface area is 115 Å². The van der Waals surface area contributed by atoms with Crippen molar-refractivity contribution in [2.24, 2.45) is 11.1 Å². The fraction of sp³-hybridized carbons (Fsp3) is 0.533. The number of nitrogens with zero attached hydrogens (tertiary/aromatic N) is 1. The molecule has 0 saturated heterocycles. The van der Waals surface area contributed by atoms with E-state index in [-0.39, 0.29) is 17.1 Å². The van der Waals surface area contributed by atoms with Gasteiger partial charge in [0.15, 0.2) is 0 Å². The normalized spacial score (nSPS) is 11.4. The minimum Gasteiger partial charge on any atom is -0.507 e. The Hall–Kier alpha value is -1.55. The van der Waals surface area contributed by atoms with Crippen LogP contribution in [-0.2, 0) is 0 Å². The summed E-state index contributed by atoms with van der Waals surface area (Å²) >= 11 is 0. The standard InChI is InChI=1S/C15H24N2O2/c1-4-9-17(11-15(2,3)10-16)14(19)12-7-5-6-8-13(12)18/h5-8,18H,4,9-11,16H2,1-3H3. The van der Waals surface area contributed by atoms with Crippen LogP contribution in [0.4, 0.5) is 0 Å². The number of aromatic hydroxyl groups is 1. The summed E-state index contributed by atoms with van der Waals surface area (Å²) in [6, 6.07) is 6.65. The molecule has 0 bridgehead atoms. The van der Waals surface area contributed by atoms with Crippen LogP contribution < -0.4 is 5.73 Å². The third-order valence-corrected chi connectivity index (χ3v) is 3.09. The molecule has 4 nitrogen and oxygen atoms in total. The predicted octanol–water partition coefficient (Wildman–Crippen LogP) is 2.23. The van der Waals surface area contributed by atoms with Gasteiger partial charge in [-0.05, 0) is 30.5 Å². The van der Waals surface area contributed by atoms with Gasteiger partial charge in [-0.15, -0.1) is 0 Å². The minimum atomic E-state index is -0.138. The van der Waals surface area contributed by atoms with Crippen molar-refractivity contribution in [3.8, 4) is 5.75 Å². The Kier molecular flexibility index (Phi) is 5.36. The first-order chi connectivity index (χ1) is 8.91. The molecule has 0 atom stereocenters. The lowest BCUT2D eigenvalue weighted by Gasteiger charge is -2.32. The minimum absolute atomic E-state index is 0.0270. The van der Waals surface area contributed by atoms with E-state index in [1.165, 1.54) is 6.07 Å². The average Bonchev–Trinajstić information content (AvgIpc) is 2.38. The molecule has 1 amide bonds. The van der Waals surface area contributed by atoms with Crippen molar-refractivity contribution in [1.29, 1.82) is 0 Å². The summed E-state index contributed by atoms with van der Waals surface area (Å²) in [5, 5.41) is 9.78. The van der Waals surface area contributed by atoms with E-state index in [1.807, 2.05) is 20.8 Å². The summed E-state index contributed by atoms with van der Waals surface area (Å²) in [7, 11) is 0. The van der Waals surface area contributed by atoms with E-state index in [0.717, 1.165) is 6.42 Å². The first kappa shape index (κ1) is 15.5. The van der Waals surface area contributed by atoms with Gasteiger partial charge in [-0.1, -0.05) is 32.9 Å². The monoisotopic (exact) mass is 264 g/mol. The van der Waals surface area contributed by atoms with Crippen LogP contribution in [0, 0.1) is 5.41 Å². The highest BCUT2D eigenvalue weighted by molar-refractivity contribution is 5.96. The van der Waals surface area contributed by atoms with Gasteiger partial charge in [0, 0.05) is 13.1 Å². The van der Waals surface area contributed by atoms with Crippen LogP contribution in [0.2, 0.25) is 0 Å². The number of phenolic OH excluding ortho intramolecular Hbond substituents is 1. The van der Waals surface area contributed by atoms with Crippen molar-refractivity contribution in [3.63, 3.8) is 0 Å². The van der Waals surface area contributed by atoms with E-state index in [0.29, 0.717) is 25.2 Å². The summed E-state index contributed by atoms with van der Waals surface area (Å²) in [4.78, 5) is 14.2. The molecule has 0 saturated carbocycles. The molecule has 0 aliphatic rings. The van der Waals surface area contributed by atoms with E-state index in [9.17, 15) is 9.90 Å². The van der Waals surface area contributed by atoms with Crippen LogP contribution in [0.1, 0.15) is 37.6 Å². The molecule has 19 heavy (non-hydrogen) atoms. The van der Waals surface area contributed by atoms with Gasteiger partial charge < -0.3 is 15.7 Å². The molecule has 106 valence electrons. The molecular formula is C15H24N2O2. The van der Waals surface area contributed by atoms with Gasteiger partial charge in [-0.2, -0.15) is 0 Å². The highest BCUT2D eigenvalue weighted by Gasteiger charge is 2.25. The second-order valence-electron chi connectivity index (χ2n) is 5.61. The summed E-state index contributed by atoms with van der Waals surface area (Å²) in [5.74, 6) is -0.111. The Bertz CT molecular complexity index is 430. The zero-order valence-electron chi connectivity index (χ0n) is 12.0. The number of hydrogen-bond donors (Lipinski definition) is 2. The van der Waals surface area contributed by atoms with Gasteiger partial charge in [0.25, 0.3) is 5.91 Å². The Morgan fingerprint density at radius 3 is 2.53 bits per heavy atom. The molecule has 0 fully saturated rings. The highest BCUT2D eigenvalue weighted by atomic mass is 16.3. The predicted molar refractivity (Wildman–Crippen MR) is 77.1 cm³/mol. The number of amides is 1. The third kappa shape index (κ3) is 4.24. The third-order valence-electron chi connectivity index (χ3n) is 3.09. The lowest BCUT2D eigenvalue weighted by atomic mass is 9.92. The molecule has 1 aromatic rings. The number of carbonyl (C=O) groups is 1. The number of rotatable bonds is 6. The smallest absolute Gasteiger partial charge is 0.257 e. The Balaban J connectivity index is 2.93. The zero-order valence-corrected chi connectivity index (χ0v) is 12.0. The van der Waals surface area contributed by atoms with E-state index in [2.05, 4.69) is 0 Å². The molecular weight excluding hydrogens is 240 g/mol. The maximum Gasteiger partial charge on any atom is 0.257 e. The van der Waals surface area contributed by atoms with Crippen molar-refractivity contribution < 1.29 is 9.90 Å². The fourth-order valence-corrected chi connectivity index (χ4v) is 1.93. The first-order valence-corrected chi connectivity index (χ1v) is 6.68. The summed E-state index contributed by atoms with van der Waals surface area (Å²) in [5.41, 5.74) is 5.95. The van der Waals surface area contributed by atoms with Gasteiger partial charge in [-0.3, -0.25) is 4.79 Å². The SMILES string of the molecule is CCCN(CC(C)(C)CN)C(=O)c1ccccc1O. The second kappa shape index (κ2) is 6.57. The molecule has 0 heterocycles. The molecule has 1 aromatic carbocycles. The van der Waals surface area contributed by atoms with Gasteiger partial charge in [0.2, 0.25) is 0 Å². The fourth-order valence-electron chi connectivity index (χ4n) is 1.93. The van der Waals surface area contributed by atoms with E-state index in [4.69, 9.17) is 5.73 Å². The van der Waals surface area contributed by atoms with E-state index >= 15 is 0 Å². The van der Waals surface area contributed by atoms with E-state index in [1.54, 1.807) is 23.1 Å². The van der Waals surface area contributed by atoms with Gasteiger partial charge in [-0.25, -0.2) is 0 Å². The lowest BCUT2D eigenvalue weighted by Crippen LogP contribution is -2.42. The summed E-state index contributed by atoms with van der Waals surface area (Å²) in [6.45, 7) is 7.87. The van der Waals surface area contributed by atoms with Crippen molar-refractivity contribution >= 4 is 5.91 Å². The van der Waals surface area contributed by atoms with Crippen molar-refractivity contribution in [1.82, 2.24) is 4.90 Å². The Morgan fingerprint density at radius 2 is 2.00 bits per heavy atom. The van der Waals surface area contributed by atoms with Crippen molar-refractivity contribution in [3.05, 3.63) is 29.8 Å². The van der Waals surface area contributed by atoms with Crippen LogP contribution in [-0.4, -0.2) is 35.5 Å². The molecule has 4 heteroatoms. The number of hydrogen-bond acceptors (Lipinski definition) is 3. The second-order valence-corrected chi connectivity index (χ2v) is 5.61. The van der Waals surface area contributed by atoms with Gasteiger partial charge >= 0.3 is 0 Å². The molecule has 3 N–H and O–H groups in total. The summed E-state index contributed by atoms with van der Waals surface area (Å²) in [6.07, 6.45) is 0.875. The van der Waals surface area contributed by atoms with Crippen molar-refractivity contribution in [2.75, 3.05) is 19.6 Å². The molecule has 0 unspecified atom stereocenters. The molecule has 0 radical (unpaired) electrons. The summed E-state index contributed by atoms with van der Waals surface area (Å²) < 4.78 is 0. The molecule has 0 aliphatic carbocycles. The Morgan fingerprint density at radius 1 is 1.37 bits per heavy atom. The molecule has 0 spiro atoms. The van der Waals surface area contributed by atoms with Crippen LogP contribution in [0.15, 0.2) is 24.3 Å². The average molecular weight is 264 g/mol. The van der Waals surface area contributed by atoms with Crippen LogP contribution >= 0.6 is 0 Å². The molecule has 0 aliphatic heterocycles. The van der Waals surface area contributed by atoms with Gasteiger partial charge in [0.1, 0.15) is 5.75 Å². The largest absolute Gasteiger partial charge is 0.507 e. The van der Waals surface area contributed by atoms with Crippen LogP contribution in [0.25, 0.3) is 0 Å². The number of benzene rings is 1. The lowest BCUT2D eigenvalue weighted by molar-refractivity contribution is 0.0686. The van der Waals surface area contributed by atoms with Gasteiger partial charge in [0.05, 0.1) is 5.56 Å². The maximum atomic E-state index is 12.5. The molecule has 1 rings (SSSR count). The van der Waals surface area contributed by atoms with E-state index < -0.39 is 0 Å². The highest BCUT2D eigenvalue weighted by Crippen LogP contribution is 2.21. The number of nitrogens with two attached hydrogens (primary N) is 1. The quantitative estimate of drug-likeness (QED) is 0.828. The molecule has 0 aromatic heterocycles. The van der Waals surface area contributed by atoms with Crippen LogP contribution in [0.5, 0.6) is 5.75 Å². The van der Waals surface area contributed by atoms with Crippen LogP contribution in [0.3, 0.4) is 0 Å². The van der Waals surface area contributed by atoms with Crippen molar-refractivity contribution in [2.45, 2.75) is 27.2 Å².